The minimum Gasteiger partial charge on any atom is -0.0617 e. The number of hydrogen-bond acceptors (Lipinski definition) is 0. The maximum Gasteiger partial charge on any atom is -0.0195 e. The van der Waals surface area contributed by atoms with Crippen molar-refractivity contribution in [3.8, 4) is 0 Å². The smallest absolute Gasteiger partial charge is 0.0195 e. The summed E-state index contributed by atoms with van der Waals surface area (Å²) in [5.41, 5.74) is 1.38. The van der Waals surface area contributed by atoms with E-state index in [2.05, 4.69) is 48.5 Å². The first kappa shape index (κ1) is 13.4. The molecule has 2 saturated carbocycles. The molecule has 0 nitrogen and oxygen atoms in total. The molecular weight excluding hydrogens is 204 g/mol. The molecule has 0 amide bonds. The minimum absolute atomic E-state index is 0.410. The first-order chi connectivity index (χ1) is 7.64. The van der Waals surface area contributed by atoms with Crippen molar-refractivity contribution >= 4 is 0 Å². The molecule has 0 aromatic carbocycles. The van der Waals surface area contributed by atoms with Crippen molar-refractivity contribution in [2.75, 3.05) is 0 Å². The van der Waals surface area contributed by atoms with Gasteiger partial charge in [-0.2, -0.15) is 0 Å². The fourth-order valence-corrected chi connectivity index (χ4v) is 5.70. The Morgan fingerprint density at radius 1 is 0.941 bits per heavy atom. The third kappa shape index (κ3) is 1.55. The lowest BCUT2D eigenvalue weighted by atomic mass is 9.52. The summed E-state index contributed by atoms with van der Waals surface area (Å²) >= 11 is 0. The molecule has 0 aromatic rings. The SMILES string of the molecule is CC1C2CCCCC2C(C)(C)C1(C)C(C)(C)C. The van der Waals surface area contributed by atoms with Crippen LogP contribution in [0.4, 0.5) is 0 Å². The molecule has 0 radical (unpaired) electrons. The molecule has 0 aliphatic heterocycles. The zero-order valence-electron chi connectivity index (χ0n) is 13.1. The van der Waals surface area contributed by atoms with Crippen LogP contribution < -0.4 is 0 Å². The first-order valence-corrected chi connectivity index (χ1v) is 7.64. The summed E-state index contributed by atoms with van der Waals surface area (Å²) in [5, 5.41) is 0. The zero-order chi connectivity index (χ0) is 13.1. The van der Waals surface area contributed by atoms with Gasteiger partial charge in [-0.25, -0.2) is 0 Å². The Morgan fingerprint density at radius 2 is 1.47 bits per heavy atom. The van der Waals surface area contributed by atoms with Crippen LogP contribution in [0.1, 0.15) is 74.1 Å². The highest BCUT2D eigenvalue weighted by molar-refractivity contribution is 5.12. The quantitative estimate of drug-likeness (QED) is 0.519. The highest BCUT2D eigenvalue weighted by atomic mass is 14.7. The van der Waals surface area contributed by atoms with Gasteiger partial charge in [-0.1, -0.05) is 61.3 Å². The molecular formula is C17H32. The highest BCUT2D eigenvalue weighted by Crippen LogP contribution is 2.70. The van der Waals surface area contributed by atoms with Crippen LogP contribution in [0.3, 0.4) is 0 Å². The van der Waals surface area contributed by atoms with Gasteiger partial charge in [0.15, 0.2) is 0 Å². The normalized spacial score (nSPS) is 45.7. The average Bonchev–Trinajstić information content (AvgIpc) is 2.39. The maximum absolute atomic E-state index is 2.58. The van der Waals surface area contributed by atoms with Gasteiger partial charge in [-0.05, 0) is 46.8 Å². The lowest BCUT2D eigenvalue weighted by Crippen LogP contribution is -2.46. The minimum atomic E-state index is 0.410. The Labute approximate surface area is 109 Å². The van der Waals surface area contributed by atoms with Crippen LogP contribution in [0.25, 0.3) is 0 Å². The average molecular weight is 236 g/mol. The summed E-state index contributed by atoms with van der Waals surface area (Å²) in [6.07, 6.45) is 5.91. The second kappa shape index (κ2) is 3.75. The van der Waals surface area contributed by atoms with Crippen molar-refractivity contribution in [3.63, 3.8) is 0 Å². The summed E-state index contributed by atoms with van der Waals surface area (Å²) in [6.45, 7) is 17.6. The van der Waals surface area contributed by atoms with E-state index in [1.807, 2.05) is 0 Å². The Hall–Kier alpha value is 0. The standard InChI is InChI=1S/C17H32/c1-12-13-10-8-9-11-14(13)16(5,6)17(12,7)15(2,3)4/h12-14H,8-11H2,1-7H3. The fraction of sp³-hybridized carbons (Fsp3) is 1.00. The van der Waals surface area contributed by atoms with Crippen LogP contribution in [-0.2, 0) is 0 Å². The van der Waals surface area contributed by atoms with Gasteiger partial charge in [-0.3, -0.25) is 0 Å². The summed E-state index contributed by atoms with van der Waals surface area (Å²) < 4.78 is 0. The monoisotopic (exact) mass is 236 g/mol. The molecule has 0 bridgehead atoms. The lowest BCUT2D eigenvalue weighted by Gasteiger charge is -2.53. The van der Waals surface area contributed by atoms with Gasteiger partial charge in [-0.15, -0.1) is 0 Å². The molecule has 2 aliphatic rings. The van der Waals surface area contributed by atoms with Crippen LogP contribution in [0.15, 0.2) is 0 Å². The molecule has 100 valence electrons. The zero-order valence-corrected chi connectivity index (χ0v) is 13.1. The molecule has 0 N–H and O–H groups in total. The topological polar surface area (TPSA) is 0 Å². The Kier molecular flexibility index (Phi) is 2.96. The maximum atomic E-state index is 2.58. The van der Waals surface area contributed by atoms with Crippen molar-refractivity contribution < 1.29 is 0 Å². The van der Waals surface area contributed by atoms with E-state index in [9.17, 15) is 0 Å². The van der Waals surface area contributed by atoms with Gasteiger partial charge in [0.25, 0.3) is 0 Å². The van der Waals surface area contributed by atoms with E-state index in [4.69, 9.17) is 0 Å². The highest BCUT2D eigenvalue weighted by Gasteiger charge is 2.64. The molecule has 0 saturated heterocycles. The first-order valence-electron chi connectivity index (χ1n) is 7.64. The number of hydrogen-bond donors (Lipinski definition) is 0. The summed E-state index contributed by atoms with van der Waals surface area (Å²) in [6, 6.07) is 0. The van der Waals surface area contributed by atoms with E-state index in [1.165, 1.54) is 25.7 Å². The van der Waals surface area contributed by atoms with Gasteiger partial charge in [0.05, 0.1) is 0 Å². The summed E-state index contributed by atoms with van der Waals surface area (Å²) in [4.78, 5) is 0. The van der Waals surface area contributed by atoms with Crippen LogP contribution in [0.5, 0.6) is 0 Å². The van der Waals surface area contributed by atoms with Crippen molar-refractivity contribution in [3.05, 3.63) is 0 Å². The van der Waals surface area contributed by atoms with E-state index < -0.39 is 0 Å². The molecule has 0 spiro atoms. The predicted octanol–water partition coefficient (Wildman–Crippen LogP) is 5.52. The second-order valence-corrected chi connectivity index (χ2v) is 8.52. The van der Waals surface area contributed by atoms with Crippen LogP contribution in [-0.4, -0.2) is 0 Å². The molecule has 2 rings (SSSR count). The Morgan fingerprint density at radius 3 is 1.94 bits per heavy atom. The van der Waals surface area contributed by atoms with E-state index in [0.29, 0.717) is 16.2 Å². The molecule has 2 aliphatic carbocycles. The van der Waals surface area contributed by atoms with Crippen molar-refractivity contribution in [1.82, 2.24) is 0 Å². The molecule has 0 aromatic heterocycles. The van der Waals surface area contributed by atoms with Gasteiger partial charge in [0.1, 0.15) is 0 Å². The Bertz CT molecular complexity index is 294. The van der Waals surface area contributed by atoms with E-state index in [0.717, 1.165) is 17.8 Å². The molecule has 0 heterocycles. The number of rotatable bonds is 0. The van der Waals surface area contributed by atoms with Gasteiger partial charge >= 0.3 is 0 Å². The molecule has 2 fully saturated rings. The largest absolute Gasteiger partial charge is 0.0617 e. The third-order valence-corrected chi connectivity index (χ3v) is 7.20. The Balaban J connectivity index is 2.46. The van der Waals surface area contributed by atoms with Gasteiger partial charge < -0.3 is 0 Å². The summed E-state index contributed by atoms with van der Waals surface area (Å²) in [5.74, 6) is 2.83. The van der Waals surface area contributed by atoms with Crippen molar-refractivity contribution in [2.45, 2.75) is 74.1 Å². The van der Waals surface area contributed by atoms with E-state index >= 15 is 0 Å². The van der Waals surface area contributed by atoms with Crippen LogP contribution in [0.2, 0.25) is 0 Å². The van der Waals surface area contributed by atoms with Crippen LogP contribution >= 0.6 is 0 Å². The van der Waals surface area contributed by atoms with Crippen molar-refractivity contribution in [2.24, 2.45) is 34.0 Å². The number of fused-ring (bicyclic) bond motifs is 1. The van der Waals surface area contributed by atoms with E-state index in [-0.39, 0.29) is 0 Å². The lowest BCUT2D eigenvalue weighted by molar-refractivity contribution is -0.0447. The van der Waals surface area contributed by atoms with Gasteiger partial charge in [0, 0.05) is 0 Å². The summed E-state index contributed by atoms with van der Waals surface area (Å²) in [7, 11) is 0. The fourth-order valence-electron chi connectivity index (χ4n) is 5.70. The second-order valence-electron chi connectivity index (χ2n) is 8.52. The third-order valence-electron chi connectivity index (χ3n) is 7.20. The van der Waals surface area contributed by atoms with Crippen molar-refractivity contribution in [1.29, 1.82) is 0 Å². The molecule has 0 heteroatoms. The van der Waals surface area contributed by atoms with Crippen LogP contribution in [0, 0.1) is 34.0 Å². The van der Waals surface area contributed by atoms with E-state index in [1.54, 1.807) is 0 Å². The predicted molar refractivity (Wildman–Crippen MR) is 76.0 cm³/mol. The molecule has 4 unspecified atom stereocenters. The van der Waals surface area contributed by atoms with Gasteiger partial charge in [0.2, 0.25) is 0 Å². The molecule has 4 atom stereocenters. The molecule has 17 heavy (non-hydrogen) atoms.